The maximum atomic E-state index is 12.2. The minimum Gasteiger partial charge on any atom is -0.383 e. The minimum atomic E-state index is -0.451. The monoisotopic (exact) mass is 403 g/mol. The lowest BCUT2D eigenvalue weighted by atomic mass is 10.1. The van der Waals surface area contributed by atoms with Crippen molar-refractivity contribution >= 4 is 35.0 Å². The second-order valence-corrected chi connectivity index (χ2v) is 6.74. The van der Waals surface area contributed by atoms with E-state index in [1.54, 1.807) is 43.5 Å². The molecule has 0 spiro atoms. The molecule has 0 atom stereocenters. The Morgan fingerprint density at radius 3 is 2.54 bits per heavy atom. The van der Waals surface area contributed by atoms with Crippen LogP contribution in [-0.4, -0.2) is 42.8 Å². The van der Waals surface area contributed by atoms with Crippen LogP contribution in [0.1, 0.15) is 15.9 Å². The van der Waals surface area contributed by atoms with Gasteiger partial charge >= 0.3 is 0 Å². The fourth-order valence-electron chi connectivity index (χ4n) is 2.31. The van der Waals surface area contributed by atoms with Crippen molar-refractivity contribution in [3.63, 3.8) is 0 Å². The highest BCUT2D eigenvalue weighted by Crippen LogP contribution is 2.18. The Morgan fingerprint density at radius 2 is 1.86 bits per heavy atom. The zero-order chi connectivity index (χ0) is 20.4. The lowest BCUT2D eigenvalue weighted by Crippen LogP contribution is -2.28. The third-order valence-corrected chi connectivity index (χ3v) is 4.69. The van der Waals surface area contributed by atoms with Gasteiger partial charge in [0.05, 0.1) is 28.5 Å². The minimum absolute atomic E-state index is 0.0341. The molecule has 0 aliphatic rings. The summed E-state index contributed by atoms with van der Waals surface area (Å²) in [7, 11) is 1.55. The smallest absolute Gasteiger partial charge is 0.269 e. The highest BCUT2D eigenvalue weighted by atomic mass is 32.2. The zero-order valence-corrected chi connectivity index (χ0v) is 16.2. The van der Waals surface area contributed by atoms with Gasteiger partial charge in [0.1, 0.15) is 0 Å². The molecule has 0 aliphatic carbocycles. The largest absolute Gasteiger partial charge is 0.383 e. The Labute approximate surface area is 166 Å². The highest BCUT2D eigenvalue weighted by Gasteiger charge is 2.13. The lowest BCUT2D eigenvalue weighted by Gasteiger charge is -2.11. The number of non-ortho nitro benzene ring substituents is 1. The SMILES string of the molecule is COCCNC(=O)c1ccccc1NC(=O)CSCc1ccc([N+](=O)[O-])cc1. The first-order valence-corrected chi connectivity index (χ1v) is 9.64. The number of nitrogens with zero attached hydrogens (tertiary/aromatic N) is 1. The summed E-state index contributed by atoms with van der Waals surface area (Å²) in [6.07, 6.45) is 0. The van der Waals surface area contributed by atoms with E-state index in [1.807, 2.05) is 0 Å². The molecule has 2 rings (SSSR count). The molecular formula is C19H21N3O5S. The molecule has 0 aliphatic heterocycles. The van der Waals surface area contributed by atoms with E-state index in [1.165, 1.54) is 23.9 Å². The molecule has 0 saturated heterocycles. The number of benzene rings is 2. The van der Waals surface area contributed by atoms with Crippen LogP contribution < -0.4 is 10.6 Å². The summed E-state index contributed by atoms with van der Waals surface area (Å²) in [5.41, 5.74) is 1.75. The zero-order valence-electron chi connectivity index (χ0n) is 15.3. The molecule has 0 bridgehead atoms. The van der Waals surface area contributed by atoms with Crippen molar-refractivity contribution in [3.05, 3.63) is 69.8 Å². The highest BCUT2D eigenvalue weighted by molar-refractivity contribution is 7.99. The average Bonchev–Trinajstić information content (AvgIpc) is 2.69. The van der Waals surface area contributed by atoms with Gasteiger partial charge in [-0.3, -0.25) is 19.7 Å². The Morgan fingerprint density at radius 1 is 1.14 bits per heavy atom. The summed E-state index contributed by atoms with van der Waals surface area (Å²) in [5.74, 6) is 0.219. The average molecular weight is 403 g/mol. The number of para-hydroxylation sites is 1. The van der Waals surface area contributed by atoms with Gasteiger partial charge in [-0.05, 0) is 17.7 Å². The molecule has 2 amide bonds. The van der Waals surface area contributed by atoms with Gasteiger partial charge in [0.25, 0.3) is 11.6 Å². The quantitative estimate of drug-likeness (QED) is 0.359. The first kappa shape index (κ1) is 21.4. The number of carbonyl (C=O) groups excluding carboxylic acids is 2. The number of nitro groups is 1. The molecule has 2 aromatic rings. The van der Waals surface area contributed by atoms with Gasteiger partial charge in [0, 0.05) is 31.5 Å². The van der Waals surface area contributed by atoms with Crippen LogP contribution in [0.15, 0.2) is 48.5 Å². The first-order valence-electron chi connectivity index (χ1n) is 8.48. The summed E-state index contributed by atoms with van der Waals surface area (Å²) < 4.78 is 4.90. The third-order valence-electron chi connectivity index (χ3n) is 3.69. The van der Waals surface area contributed by atoms with E-state index >= 15 is 0 Å². The molecule has 0 saturated carbocycles. The third kappa shape index (κ3) is 6.67. The Hall–Kier alpha value is -2.91. The van der Waals surface area contributed by atoms with Crippen LogP contribution in [0.3, 0.4) is 0 Å². The lowest BCUT2D eigenvalue weighted by molar-refractivity contribution is -0.384. The summed E-state index contributed by atoms with van der Waals surface area (Å²) in [4.78, 5) is 34.6. The van der Waals surface area contributed by atoms with Crippen molar-refractivity contribution in [2.24, 2.45) is 0 Å². The first-order chi connectivity index (χ1) is 13.5. The fourth-order valence-corrected chi connectivity index (χ4v) is 3.10. The molecule has 0 unspecified atom stereocenters. The summed E-state index contributed by atoms with van der Waals surface area (Å²) in [6.45, 7) is 0.780. The maximum absolute atomic E-state index is 12.2. The fraction of sp³-hybridized carbons (Fsp3) is 0.263. The molecule has 2 aromatic carbocycles. The number of rotatable bonds is 10. The van der Waals surface area contributed by atoms with Crippen molar-refractivity contribution < 1.29 is 19.2 Å². The molecule has 148 valence electrons. The molecule has 9 heteroatoms. The second kappa shape index (κ2) is 11.1. The molecule has 8 nitrogen and oxygen atoms in total. The maximum Gasteiger partial charge on any atom is 0.269 e. The van der Waals surface area contributed by atoms with Crippen LogP contribution in [-0.2, 0) is 15.3 Å². The standard InChI is InChI=1S/C19H21N3O5S/c1-27-11-10-20-19(24)16-4-2-3-5-17(16)21-18(23)13-28-12-14-6-8-15(9-7-14)22(25)26/h2-9H,10-13H2,1H3,(H,20,24)(H,21,23). The van der Waals surface area contributed by atoms with Crippen LogP contribution in [0.2, 0.25) is 0 Å². The number of carbonyl (C=O) groups is 2. The van der Waals surface area contributed by atoms with Crippen molar-refractivity contribution in [1.29, 1.82) is 0 Å². The van der Waals surface area contributed by atoms with E-state index in [2.05, 4.69) is 10.6 Å². The van der Waals surface area contributed by atoms with Crippen LogP contribution in [0.25, 0.3) is 0 Å². The number of hydrogen-bond donors (Lipinski definition) is 2. The molecular weight excluding hydrogens is 382 g/mol. The molecule has 0 fully saturated rings. The van der Waals surface area contributed by atoms with Gasteiger partial charge in [0.15, 0.2) is 0 Å². The van der Waals surface area contributed by atoms with Crippen LogP contribution >= 0.6 is 11.8 Å². The number of thioether (sulfide) groups is 1. The number of amides is 2. The van der Waals surface area contributed by atoms with Gasteiger partial charge in [-0.25, -0.2) is 0 Å². The van der Waals surface area contributed by atoms with Gasteiger partial charge in [0.2, 0.25) is 5.91 Å². The van der Waals surface area contributed by atoms with Gasteiger partial charge in [-0.1, -0.05) is 24.3 Å². The van der Waals surface area contributed by atoms with Crippen molar-refractivity contribution in [1.82, 2.24) is 5.32 Å². The summed E-state index contributed by atoms with van der Waals surface area (Å²) >= 11 is 1.38. The van der Waals surface area contributed by atoms with Crippen molar-refractivity contribution in [2.75, 3.05) is 31.3 Å². The van der Waals surface area contributed by atoms with E-state index in [9.17, 15) is 19.7 Å². The van der Waals surface area contributed by atoms with Gasteiger partial charge in [-0.2, -0.15) is 0 Å². The predicted octanol–water partition coefficient (Wildman–Crippen LogP) is 2.84. The van der Waals surface area contributed by atoms with Crippen LogP contribution in [0, 0.1) is 10.1 Å². The summed E-state index contributed by atoms with van der Waals surface area (Å²) in [6, 6.07) is 13.0. The number of nitro benzene ring substituents is 1. The van der Waals surface area contributed by atoms with Crippen molar-refractivity contribution in [3.8, 4) is 0 Å². The predicted molar refractivity (Wildman–Crippen MR) is 109 cm³/mol. The number of methoxy groups -OCH3 is 1. The molecule has 0 radical (unpaired) electrons. The molecule has 28 heavy (non-hydrogen) atoms. The number of ether oxygens (including phenoxy) is 1. The second-order valence-electron chi connectivity index (χ2n) is 5.76. The van der Waals surface area contributed by atoms with Gasteiger partial charge < -0.3 is 15.4 Å². The van der Waals surface area contributed by atoms with Crippen LogP contribution in [0.4, 0.5) is 11.4 Å². The van der Waals surface area contributed by atoms with Gasteiger partial charge in [-0.15, -0.1) is 11.8 Å². The van der Waals surface area contributed by atoms with Crippen LogP contribution in [0.5, 0.6) is 0 Å². The number of hydrogen-bond acceptors (Lipinski definition) is 6. The van der Waals surface area contributed by atoms with E-state index in [0.29, 0.717) is 30.2 Å². The van der Waals surface area contributed by atoms with E-state index in [-0.39, 0.29) is 23.3 Å². The Bertz CT molecular complexity index is 827. The summed E-state index contributed by atoms with van der Waals surface area (Å²) in [5, 5.41) is 16.1. The molecule has 0 heterocycles. The van der Waals surface area contributed by atoms with Crippen molar-refractivity contribution in [2.45, 2.75) is 5.75 Å². The molecule has 2 N–H and O–H groups in total. The topological polar surface area (TPSA) is 111 Å². The van der Waals surface area contributed by atoms with E-state index < -0.39 is 4.92 Å². The Kier molecular flexibility index (Phi) is 8.44. The molecule has 0 aromatic heterocycles. The van der Waals surface area contributed by atoms with E-state index in [0.717, 1.165) is 5.56 Å². The number of anilines is 1. The Balaban J connectivity index is 1.85. The number of nitrogens with one attached hydrogen (secondary N) is 2. The van der Waals surface area contributed by atoms with E-state index in [4.69, 9.17) is 4.74 Å². The normalized spacial score (nSPS) is 10.3.